The van der Waals surface area contributed by atoms with Gasteiger partial charge in [0.1, 0.15) is 0 Å². The third-order valence-electron chi connectivity index (χ3n) is 1.48. The Kier molecular flexibility index (Phi) is 1.12. The Labute approximate surface area is 97.9 Å². The van der Waals surface area contributed by atoms with Crippen molar-refractivity contribution in [3.63, 3.8) is 0 Å². The molecule has 70 valence electrons. The minimum Gasteiger partial charge on any atom is -0.378 e. The van der Waals surface area contributed by atoms with Gasteiger partial charge < -0.3 is 9.64 Å². The van der Waals surface area contributed by atoms with Crippen LogP contribution in [0.1, 0.15) is 11.0 Å². The normalized spacial score (nSPS) is 42.1. The van der Waals surface area contributed by atoms with Gasteiger partial charge in [-0.1, -0.05) is 22.0 Å². The Balaban J connectivity index is 2.67. The first-order valence-corrected chi connectivity index (χ1v) is 4.38. The van der Waals surface area contributed by atoms with Gasteiger partial charge in [0.15, 0.2) is 0 Å². The number of hydrogen-bond donors (Lipinski definition) is 0. The summed E-state index contributed by atoms with van der Waals surface area (Å²) in [6.07, 6.45) is 0. The van der Waals surface area contributed by atoms with Gasteiger partial charge in [0.2, 0.25) is 0 Å². The summed E-state index contributed by atoms with van der Waals surface area (Å²) in [5.74, 6) is 0. The zero-order chi connectivity index (χ0) is 16.3. The first kappa shape index (κ1) is 3.55. The van der Waals surface area contributed by atoms with Crippen LogP contribution in [-0.2, 0) is 4.74 Å². The number of halogens is 1. The molecular weight excluding hydrogens is 230 g/mol. The highest BCUT2D eigenvalue weighted by Crippen LogP contribution is 2.20. The highest BCUT2D eigenvalue weighted by Gasteiger charge is 2.10. The number of hydrogen-bond acceptors (Lipinski definition) is 2. The van der Waals surface area contributed by atoms with Crippen LogP contribution in [-0.4, -0.2) is 26.1 Å². The van der Waals surface area contributed by atoms with Crippen molar-refractivity contribution in [2.45, 2.75) is 0 Å². The Bertz CT molecular complexity index is 538. The summed E-state index contributed by atoms with van der Waals surface area (Å²) in [4.78, 5) is 0.439. The van der Waals surface area contributed by atoms with E-state index in [0.29, 0.717) is 9.37 Å². The molecule has 0 aliphatic carbocycles. The summed E-state index contributed by atoms with van der Waals surface area (Å²) in [7, 11) is 0. The van der Waals surface area contributed by atoms with Crippen molar-refractivity contribution < 1.29 is 15.7 Å². The van der Waals surface area contributed by atoms with Crippen molar-refractivity contribution in [1.29, 1.82) is 0 Å². The number of rotatable bonds is 1. The van der Waals surface area contributed by atoms with Gasteiger partial charge in [-0.3, -0.25) is 0 Å². The Morgan fingerprint density at radius 3 is 2.85 bits per heavy atom. The molecular formula is C10H12BrNO. The van der Waals surface area contributed by atoms with Crippen LogP contribution in [0, 0.1) is 0 Å². The average Bonchev–Trinajstić information content (AvgIpc) is 2.24. The van der Waals surface area contributed by atoms with E-state index in [9.17, 15) is 0 Å². The van der Waals surface area contributed by atoms with Crippen LogP contribution in [0.3, 0.4) is 0 Å². The molecule has 0 saturated carbocycles. The van der Waals surface area contributed by atoms with Crippen LogP contribution in [0.2, 0.25) is 0 Å². The molecule has 13 heavy (non-hydrogen) atoms. The SMILES string of the molecule is [2H]C1([2H])OC([2H])([2H])C([2H])([2H])N(c2cccc(Br)c2)C1([2H])[2H]. The molecule has 1 saturated heterocycles. The second-order valence-corrected chi connectivity index (χ2v) is 3.26. The Morgan fingerprint density at radius 2 is 2.15 bits per heavy atom. The molecule has 3 heteroatoms. The quantitative estimate of drug-likeness (QED) is 0.758. The second-order valence-electron chi connectivity index (χ2n) is 2.35. The van der Waals surface area contributed by atoms with E-state index in [1.807, 2.05) is 0 Å². The topological polar surface area (TPSA) is 12.5 Å². The van der Waals surface area contributed by atoms with Crippen molar-refractivity contribution in [2.75, 3.05) is 31.0 Å². The first-order chi connectivity index (χ1) is 9.33. The molecule has 2 rings (SSSR count). The molecule has 0 amide bonds. The molecule has 0 atom stereocenters. The molecule has 0 N–H and O–H groups in total. The molecule has 1 aromatic carbocycles. The fraction of sp³-hybridized carbons (Fsp3) is 0.400. The van der Waals surface area contributed by atoms with E-state index in [0.717, 1.165) is 0 Å². The van der Waals surface area contributed by atoms with E-state index in [1.54, 1.807) is 6.07 Å². The van der Waals surface area contributed by atoms with Crippen LogP contribution in [0.4, 0.5) is 5.69 Å². The van der Waals surface area contributed by atoms with Gasteiger partial charge in [0.25, 0.3) is 0 Å². The van der Waals surface area contributed by atoms with Gasteiger partial charge in [-0.25, -0.2) is 0 Å². The smallest absolute Gasteiger partial charge is 0.0642 e. The van der Waals surface area contributed by atoms with E-state index in [1.165, 1.54) is 18.2 Å². The maximum atomic E-state index is 7.90. The van der Waals surface area contributed by atoms with Gasteiger partial charge >= 0.3 is 0 Å². The second kappa shape index (κ2) is 4.11. The maximum Gasteiger partial charge on any atom is 0.0642 e. The molecule has 1 fully saturated rings. The summed E-state index contributed by atoms with van der Waals surface area (Å²) >= 11 is 3.17. The van der Waals surface area contributed by atoms with Crippen molar-refractivity contribution in [3.05, 3.63) is 28.7 Å². The minimum atomic E-state index is -3.04. The first-order valence-electron chi connectivity index (χ1n) is 7.59. The number of ether oxygens (including phenoxy) is 1. The highest BCUT2D eigenvalue weighted by atomic mass is 79.9. The molecule has 1 aromatic rings. The largest absolute Gasteiger partial charge is 0.378 e. The Hall–Kier alpha value is -0.540. The molecule has 0 spiro atoms. The fourth-order valence-electron chi connectivity index (χ4n) is 0.935. The number of nitrogens with zero attached hydrogens (tertiary/aromatic N) is 1. The molecule has 2 nitrogen and oxygen atoms in total. The van der Waals surface area contributed by atoms with E-state index in [-0.39, 0.29) is 5.69 Å². The maximum absolute atomic E-state index is 7.90. The average molecular weight is 250 g/mol. The van der Waals surface area contributed by atoms with Gasteiger partial charge in [-0.15, -0.1) is 0 Å². The highest BCUT2D eigenvalue weighted by molar-refractivity contribution is 9.10. The zero-order valence-corrected chi connectivity index (χ0v) is 8.13. The summed E-state index contributed by atoms with van der Waals surface area (Å²) in [5, 5.41) is 0. The minimum absolute atomic E-state index is 0.00424. The van der Waals surface area contributed by atoms with Crippen LogP contribution >= 0.6 is 15.9 Å². The molecule has 0 unspecified atom stereocenters. The van der Waals surface area contributed by atoms with Crippen LogP contribution in [0.5, 0.6) is 0 Å². The summed E-state index contributed by atoms with van der Waals surface area (Å²) in [6, 6.07) is 5.91. The zero-order valence-electron chi connectivity index (χ0n) is 14.5. The monoisotopic (exact) mass is 249 g/mol. The number of morpholine rings is 1. The van der Waals surface area contributed by atoms with Gasteiger partial charge in [-0.2, -0.15) is 0 Å². The fourth-order valence-corrected chi connectivity index (χ4v) is 1.32. The number of anilines is 1. The molecule has 0 radical (unpaired) electrons. The molecule has 1 heterocycles. The predicted octanol–water partition coefficient (Wildman–Crippen LogP) is 2.29. The van der Waals surface area contributed by atoms with E-state index >= 15 is 0 Å². The van der Waals surface area contributed by atoms with Gasteiger partial charge in [-0.05, 0) is 18.2 Å². The predicted molar refractivity (Wildman–Crippen MR) is 57.2 cm³/mol. The lowest BCUT2D eigenvalue weighted by Crippen LogP contribution is -2.36. The lowest BCUT2D eigenvalue weighted by molar-refractivity contribution is 0.122. The van der Waals surface area contributed by atoms with Crippen LogP contribution in [0.25, 0.3) is 0 Å². The van der Waals surface area contributed by atoms with E-state index in [2.05, 4.69) is 20.7 Å². The summed E-state index contributed by atoms with van der Waals surface area (Å²) in [6.45, 7) is -11.9. The third-order valence-corrected chi connectivity index (χ3v) is 1.98. The summed E-state index contributed by atoms with van der Waals surface area (Å²) in [5.41, 5.74) is -0.00424. The van der Waals surface area contributed by atoms with E-state index in [4.69, 9.17) is 11.0 Å². The molecule has 0 bridgehead atoms. The third kappa shape index (κ3) is 2.23. The number of benzene rings is 1. The van der Waals surface area contributed by atoms with Crippen molar-refractivity contribution in [2.24, 2.45) is 0 Å². The lowest BCUT2D eigenvalue weighted by atomic mass is 10.3. The lowest BCUT2D eigenvalue weighted by Gasteiger charge is -2.28. The summed E-state index contributed by atoms with van der Waals surface area (Å²) < 4.78 is 67.0. The molecule has 1 aliphatic heterocycles. The molecule has 1 aliphatic rings. The van der Waals surface area contributed by atoms with Crippen molar-refractivity contribution in [1.82, 2.24) is 0 Å². The van der Waals surface area contributed by atoms with Gasteiger partial charge in [0.05, 0.1) is 24.1 Å². The van der Waals surface area contributed by atoms with Crippen molar-refractivity contribution in [3.8, 4) is 0 Å². The standard InChI is InChI=1S/C10H12BrNO/c11-9-2-1-3-10(8-9)12-4-6-13-7-5-12/h1-3,8H,4-7H2/i4D2,5D2,6D2,7D2. The van der Waals surface area contributed by atoms with Crippen LogP contribution in [0.15, 0.2) is 28.7 Å². The molecule has 0 aromatic heterocycles. The van der Waals surface area contributed by atoms with Crippen LogP contribution < -0.4 is 4.90 Å². The van der Waals surface area contributed by atoms with Crippen molar-refractivity contribution >= 4 is 21.6 Å². The Morgan fingerprint density at radius 1 is 1.38 bits per heavy atom. The van der Waals surface area contributed by atoms with E-state index < -0.39 is 26.1 Å². The van der Waals surface area contributed by atoms with Gasteiger partial charge in [0, 0.05) is 23.2 Å².